The van der Waals surface area contributed by atoms with Gasteiger partial charge in [0.05, 0.1) is 22.5 Å². The minimum atomic E-state index is -4.39. The number of nitrogens with one attached hydrogen (secondary N) is 3. The number of alkyl halides is 1. The largest absolute Gasteiger partial charge is 0.455 e. The van der Waals surface area contributed by atoms with Gasteiger partial charge in [-0.05, 0) is 124 Å². The Labute approximate surface area is 375 Å². The molecule has 5 aromatic rings. The molecule has 64 heavy (non-hydrogen) atoms. The zero-order chi connectivity index (χ0) is 44.2. The number of nitrogens with zero attached hydrogens (tertiary/aromatic N) is 5. The molecule has 1 atom stereocenters. The summed E-state index contributed by atoms with van der Waals surface area (Å²) in [7, 11) is -4.39. The third kappa shape index (κ3) is 8.66. The van der Waals surface area contributed by atoms with Gasteiger partial charge < -0.3 is 30.6 Å². The molecule has 0 unspecified atom stereocenters. The summed E-state index contributed by atoms with van der Waals surface area (Å²) in [6.45, 7) is 8.90. The number of aromatic nitrogens is 3. The van der Waals surface area contributed by atoms with Crippen LogP contribution in [0.3, 0.4) is 0 Å². The van der Waals surface area contributed by atoms with E-state index in [1.54, 1.807) is 18.5 Å². The van der Waals surface area contributed by atoms with Crippen molar-refractivity contribution in [3.8, 4) is 11.5 Å². The number of H-pyrrole nitrogens is 1. The van der Waals surface area contributed by atoms with Crippen molar-refractivity contribution in [3.63, 3.8) is 0 Å². The fraction of sp³-hybridized carbons (Fsp3) is 0.490. The molecule has 2 aromatic carbocycles. The molecule has 1 spiro atoms. The lowest BCUT2D eigenvalue weighted by Crippen LogP contribution is -2.55. The van der Waals surface area contributed by atoms with Crippen molar-refractivity contribution in [2.24, 2.45) is 5.41 Å². The van der Waals surface area contributed by atoms with Crippen LogP contribution in [0.25, 0.3) is 11.0 Å². The van der Waals surface area contributed by atoms with E-state index >= 15 is 4.39 Å². The molecule has 15 heteroatoms. The maximum atomic E-state index is 15.7. The summed E-state index contributed by atoms with van der Waals surface area (Å²) in [6, 6.07) is 20.2. The molecular weight excluding hydrogens is 830 g/mol. The van der Waals surface area contributed by atoms with Gasteiger partial charge in [0.1, 0.15) is 34.2 Å². The molecule has 5 N–H and O–H groups in total. The first kappa shape index (κ1) is 42.7. The molecule has 2 aliphatic carbocycles. The van der Waals surface area contributed by atoms with Crippen molar-refractivity contribution in [1.29, 1.82) is 0 Å². The number of pyridine rings is 2. The Morgan fingerprint density at radius 2 is 1.72 bits per heavy atom. The number of nitrogens with two attached hydrogens (primary N) is 1. The van der Waals surface area contributed by atoms with Crippen molar-refractivity contribution >= 4 is 44.2 Å². The molecule has 5 aliphatic rings. The molecule has 2 saturated carbocycles. The number of sulfonamides is 1. The van der Waals surface area contributed by atoms with Crippen molar-refractivity contribution in [2.75, 3.05) is 55.2 Å². The van der Waals surface area contributed by atoms with E-state index in [0.29, 0.717) is 65.2 Å². The normalized spacial score (nSPS) is 21.6. The lowest BCUT2D eigenvalue weighted by atomic mass is 9.60. The predicted octanol–water partition coefficient (Wildman–Crippen LogP) is 8.54. The van der Waals surface area contributed by atoms with Gasteiger partial charge in [-0.15, -0.1) is 0 Å². The SMILES string of the molecule is CC(C)c1ccccc1[C@@H]1CCCN1C1CC2(CCN(c3cc(Oc4cnc5[nH]ccc5c4)c(C(=O)NS(=O)(=O)c4ccc(NCC5(F)CCN(C6CC6)CC5)c(N)c4)cn3)CC2)C1. The number of aromatic amines is 1. The van der Waals surface area contributed by atoms with E-state index in [-0.39, 0.29) is 28.4 Å². The van der Waals surface area contributed by atoms with Gasteiger partial charge in [0.25, 0.3) is 15.9 Å². The summed E-state index contributed by atoms with van der Waals surface area (Å²) >= 11 is 0. The number of piperidine rings is 2. The molecule has 13 nitrogen and oxygen atoms in total. The van der Waals surface area contributed by atoms with Crippen LogP contribution in [-0.2, 0) is 10.0 Å². The number of carbonyl (C=O) groups is 1. The van der Waals surface area contributed by atoms with Crippen molar-refractivity contribution < 1.29 is 22.3 Å². The molecule has 338 valence electrons. The first-order valence-electron chi connectivity index (χ1n) is 23.2. The number of hydrogen-bond acceptors (Lipinski definition) is 11. The number of anilines is 3. The van der Waals surface area contributed by atoms with Gasteiger partial charge in [-0.3, -0.25) is 9.69 Å². The van der Waals surface area contributed by atoms with E-state index in [9.17, 15) is 13.2 Å². The number of ether oxygens (including phenoxy) is 1. The maximum absolute atomic E-state index is 15.7. The fourth-order valence-corrected chi connectivity index (χ4v) is 11.9. The first-order valence-corrected chi connectivity index (χ1v) is 24.7. The molecule has 0 bridgehead atoms. The third-order valence-corrected chi connectivity index (χ3v) is 16.2. The number of halogens is 1. The third-order valence-electron chi connectivity index (χ3n) is 14.8. The number of amides is 1. The molecule has 3 saturated heterocycles. The van der Waals surface area contributed by atoms with E-state index in [1.165, 1.54) is 74.0 Å². The summed E-state index contributed by atoms with van der Waals surface area (Å²) in [5.41, 5.74) is 9.40. The van der Waals surface area contributed by atoms with E-state index in [2.05, 4.69) is 72.8 Å². The Morgan fingerprint density at radius 3 is 2.47 bits per heavy atom. The smallest absolute Gasteiger partial charge is 0.270 e. The Morgan fingerprint density at radius 1 is 0.938 bits per heavy atom. The van der Waals surface area contributed by atoms with Gasteiger partial charge in [-0.2, -0.15) is 0 Å². The van der Waals surface area contributed by atoms with Crippen molar-refractivity contribution in [1.82, 2.24) is 29.5 Å². The second-order valence-corrected chi connectivity index (χ2v) is 21.1. The van der Waals surface area contributed by atoms with E-state index < -0.39 is 21.6 Å². The maximum Gasteiger partial charge on any atom is 0.270 e. The highest BCUT2D eigenvalue weighted by molar-refractivity contribution is 7.90. The highest BCUT2D eigenvalue weighted by atomic mass is 32.2. The molecule has 6 heterocycles. The van der Waals surface area contributed by atoms with Crippen molar-refractivity contribution in [2.45, 2.75) is 113 Å². The summed E-state index contributed by atoms with van der Waals surface area (Å²) < 4.78 is 51.6. The molecule has 3 aliphatic heterocycles. The second kappa shape index (κ2) is 17.0. The second-order valence-electron chi connectivity index (χ2n) is 19.4. The first-order chi connectivity index (χ1) is 30.8. The van der Waals surface area contributed by atoms with Crippen molar-refractivity contribution in [3.05, 3.63) is 95.9 Å². The molecule has 3 aromatic heterocycles. The number of likely N-dealkylation sites (tertiary alicyclic amines) is 2. The quantitative estimate of drug-likeness (QED) is 0.0839. The zero-order valence-corrected chi connectivity index (χ0v) is 37.7. The molecule has 5 fully saturated rings. The van der Waals surface area contributed by atoms with E-state index in [1.807, 2.05) is 12.1 Å². The fourth-order valence-electron chi connectivity index (χ4n) is 10.9. The standard InChI is InChI=1S/C49H60FN9O4S/c1-32(2)38-6-3-4-7-39(38)43-8-5-19-59(43)35-27-48(28-35)14-20-58(21-15-48)45-26-44(63-36-24-33-13-18-52-46(33)54-29-36)40(30-53-45)47(60)56-64(61,62)37-11-12-42(41(51)25-37)55-31-49(50)16-22-57(23-17-49)34-9-10-34/h3-4,6-7,11-13,18,24-26,29-30,32,34-35,43,55H,5,8-10,14-17,19-23,27-28,31,51H2,1-2H3,(H,52,54)(H,56,60)/t43-/m0/s1. The van der Waals surface area contributed by atoms with Gasteiger partial charge in [0.15, 0.2) is 0 Å². The number of benzene rings is 2. The molecular formula is C49H60FN9O4S. The Bertz CT molecular complexity index is 2630. The number of fused-ring (bicyclic) bond motifs is 1. The van der Waals surface area contributed by atoms with Crippen LogP contribution in [0.5, 0.6) is 11.5 Å². The highest BCUT2D eigenvalue weighted by Crippen LogP contribution is 2.54. The van der Waals surface area contributed by atoms with E-state index in [0.717, 1.165) is 51.0 Å². The Hall–Kier alpha value is -5.25. The monoisotopic (exact) mass is 889 g/mol. The average Bonchev–Trinajstić information content (AvgIpc) is 3.82. The molecule has 0 radical (unpaired) electrons. The Balaban J connectivity index is 0.813. The number of carbonyl (C=O) groups excluding carboxylic acids is 1. The van der Waals surface area contributed by atoms with Crippen LogP contribution in [0.15, 0.2) is 84.1 Å². The summed E-state index contributed by atoms with van der Waals surface area (Å²) in [5, 5.41) is 3.92. The van der Waals surface area contributed by atoms with Gasteiger partial charge in [0, 0.05) is 74.7 Å². The topological polar surface area (TPSA) is 162 Å². The predicted molar refractivity (Wildman–Crippen MR) is 248 cm³/mol. The highest BCUT2D eigenvalue weighted by Gasteiger charge is 2.50. The van der Waals surface area contributed by atoms with Crippen LogP contribution in [-0.4, -0.2) is 96.1 Å². The van der Waals surface area contributed by atoms with Crippen LogP contribution in [0.4, 0.5) is 21.6 Å². The average molecular weight is 890 g/mol. The number of rotatable bonds is 13. The lowest BCUT2D eigenvalue weighted by Gasteiger charge is -2.56. The molecule has 10 rings (SSSR count). The van der Waals surface area contributed by atoms with Gasteiger partial charge in [-0.25, -0.2) is 27.5 Å². The van der Waals surface area contributed by atoms with E-state index in [4.69, 9.17) is 15.5 Å². The Kier molecular flexibility index (Phi) is 11.3. The van der Waals surface area contributed by atoms with Gasteiger partial charge in [0.2, 0.25) is 0 Å². The zero-order valence-electron chi connectivity index (χ0n) is 36.9. The van der Waals surface area contributed by atoms with Gasteiger partial charge in [-0.1, -0.05) is 38.1 Å². The van der Waals surface area contributed by atoms with Crippen LogP contribution in [0.2, 0.25) is 0 Å². The molecule has 1 amide bonds. The summed E-state index contributed by atoms with van der Waals surface area (Å²) in [6.07, 6.45) is 14.9. The lowest BCUT2D eigenvalue weighted by molar-refractivity contribution is -0.0228. The summed E-state index contributed by atoms with van der Waals surface area (Å²) in [4.78, 5) is 33.4. The minimum Gasteiger partial charge on any atom is -0.455 e. The minimum absolute atomic E-state index is 0.0525. The number of nitrogen functional groups attached to an aromatic ring is 1. The van der Waals surface area contributed by atoms with Crippen LogP contribution in [0, 0.1) is 5.41 Å². The summed E-state index contributed by atoms with van der Waals surface area (Å²) in [5.74, 6) is 0.787. The van der Waals surface area contributed by atoms with Crippen LogP contribution >= 0.6 is 0 Å². The van der Waals surface area contributed by atoms with Gasteiger partial charge >= 0.3 is 0 Å². The number of hydrogen-bond donors (Lipinski definition) is 4. The van der Waals surface area contributed by atoms with Crippen LogP contribution < -0.4 is 25.4 Å². The van der Waals surface area contributed by atoms with Crippen LogP contribution in [0.1, 0.15) is 112 Å².